The van der Waals surface area contributed by atoms with Gasteiger partial charge in [-0.25, -0.2) is 0 Å². The molecule has 6 nitrogen and oxygen atoms in total. The van der Waals surface area contributed by atoms with E-state index in [1.165, 1.54) is 6.33 Å². The van der Waals surface area contributed by atoms with E-state index in [0.29, 0.717) is 19.0 Å². The van der Waals surface area contributed by atoms with Gasteiger partial charge in [-0.1, -0.05) is 19.0 Å². The van der Waals surface area contributed by atoms with Gasteiger partial charge < -0.3 is 9.63 Å². The van der Waals surface area contributed by atoms with Crippen molar-refractivity contribution in [2.75, 3.05) is 13.1 Å². The standard InChI is InChI=1S/C9H15N3O3/c1-3-12(4-7(2)9(13)14)5-8-10-6-11-15-8/h6-7H,3-5H2,1-2H3,(H,13,14). The van der Waals surface area contributed by atoms with E-state index in [4.69, 9.17) is 9.63 Å². The second-order valence-corrected chi connectivity index (χ2v) is 3.40. The lowest BCUT2D eigenvalue weighted by Crippen LogP contribution is -2.31. The molecule has 1 aromatic heterocycles. The lowest BCUT2D eigenvalue weighted by molar-refractivity contribution is -0.141. The number of aliphatic carboxylic acids is 1. The van der Waals surface area contributed by atoms with Crippen molar-refractivity contribution in [2.24, 2.45) is 5.92 Å². The Morgan fingerprint density at radius 1 is 1.73 bits per heavy atom. The number of carboxylic acids is 1. The molecule has 1 unspecified atom stereocenters. The Morgan fingerprint density at radius 2 is 2.47 bits per heavy atom. The first-order chi connectivity index (χ1) is 7.13. The van der Waals surface area contributed by atoms with Crippen molar-refractivity contribution >= 4 is 5.97 Å². The van der Waals surface area contributed by atoms with E-state index in [1.807, 2.05) is 11.8 Å². The van der Waals surface area contributed by atoms with Crippen LogP contribution >= 0.6 is 0 Å². The molecule has 0 spiro atoms. The van der Waals surface area contributed by atoms with Crippen molar-refractivity contribution in [3.8, 4) is 0 Å². The molecule has 0 aromatic carbocycles. The summed E-state index contributed by atoms with van der Waals surface area (Å²) in [5.41, 5.74) is 0. The summed E-state index contributed by atoms with van der Waals surface area (Å²) in [5.74, 6) is -0.679. The van der Waals surface area contributed by atoms with Crippen molar-refractivity contribution in [3.63, 3.8) is 0 Å². The van der Waals surface area contributed by atoms with Gasteiger partial charge in [0.2, 0.25) is 5.89 Å². The molecule has 1 rings (SSSR count). The van der Waals surface area contributed by atoms with Gasteiger partial charge in [0.1, 0.15) is 0 Å². The summed E-state index contributed by atoms with van der Waals surface area (Å²) >= 11 is 0. The highest BCUT2D eigenvalue weighted by Gasteiger charge is 2.16. The minimum absolute atomic E-state index is 0.395. The van der Waals surface area contributed by atoms with Crippen molar-refractivity contribution in [1.82, 2.24) is 15.0 Å². The molecule has 0 fully saturated rings. The summed E-state index contributed by atoms with van der Waals surface area (Å²) in [7, 11) is 0. The summed E-state index contributed by atoms with van der Waals surface area (Å²) < 4.78 is 4.86. The first-order valence-electron chi connectivity index (χ1n) is 4.84. The normalized spacial score (nSPS) is 13.0. The van der Waals surface area contributed by atoms with E-state index < -0.39 is 11.9 Å². The molecule has 0 saturated carbocycles. The Balaban J connectivity index is 2.46. The van der Waals surface area contributed by atoms with Gasteiger partial charge in [-0.3, -0.25) is 9.69 Å². The van der Waals surface area contributed by atoms with Crippen LogP contribution in [-0.2, 0) is 11.3 Å². The van der Waals surface area contributed by atoms with E-state index in [-0.39, 0.29) is 0 Å². The highest BCUT2D eigenvalue weighted by Crippen LogP contribution is 2.04. The predicted molar refractivity (Wildman–Crippen MR) is 52.0 cm³/mol. The Bertz CT molecular complexity index is 300. The average Bonchev–Trinajstić information content (AvgIpc) is 2.69. The van der Waals surface area contributed by atoms with E-state index >= 15 is 0 Å². The van der Waals surface area contributed by atoms with Gasteiger partial charge in [-0.15, -0.1) is 0 Å². The lowest BCUT2D eigenvalue weighted by Gasteiger charge is -2.20. The molecule has 0 aliphatic rings. The quantitative estimate of drug-likeness (QED) is 0.745. The van der Waals surface area contributed by atoms with Crippen LogP contribution < -0.4 is 0 Å². The molecule has 0 radical (unpaired) electrons. The monoisotopic (exact) mass is 213 g/mol. The van der Waals surface area contributed by atoms with Crippen molar-refractivity contribution in [1.29, 1.82) is 0 Å². The zero-order chi connectivity index (χ0) is 11.3. The van der Waals surface area contributed by atoms with Gasteiger partial charge in [-0.05, 0) is 6.54 Å². The Kier molecular flexibility index (Phi) is 4.23. The fourth-order valence-corrected chi connectivity index (χ4v) is 1.23. The second kappa shape index (κ2) is 5.45. The lowest BCUT2D eigenvalue weighted by atomic mass is 10.2. The molecule has 1 heterocycles. The number of rotatable bonds is 6. The van der Waals surface area contributed by atoms with Crippen LogP contribution in [0.2, 0.25) is 0 Å². The first kappa shape index (κ1) is 11.6. The van der Waals surface area contributed by atoms with Crippen molar-refractivity contribution in [2.45, 2.75) is 20.4 Å². The van der Waals surface area contributed by atoms with Gasteiger partial charge in [0.25, 0.3) is 0 Å². The highest BCUT2D eigenvalue weighted by molar-refractivity contribution is 5.69. The van der Waals surface area contributed by atoms with Crippen LogP contribution in [0.15, 0.2) is 10.9 Å². The zero-order valence-electron chi connectivity index (χ0n) is 8.88. The number of aromatic nitrogens is 2. The van der Waals surface area contributed by atoms with Crippen LogP contribution in [0.5, 0.6) is 0 Å². The molecule has 15 heavy (non-hydrogen) atoms. The molecule has 1 aromatic rings. The minimum atomic E-state index is -0.793. The highest BCUT2D eigenvalue weighted by atomic mass is 16.5. The number of hydrogen-bond acceptors (Lipinski definition) is 5. The molecule has 1 N–H and O–H groups in total. The molecular formula is C9H15N3O3. The van der Waals surface area contributed by atoms with Crippen LogP contribution in [0.1, 0.15) is 19.7 Å². The minimum Gasteiger partial charge on any atom is -0.481 e. The van der Waals surface area contributed by atoms with E-state index in [9.17, 15) is 4.79 Å². The third-order valence-electron chi connectivity index (χ3n) is 2.17. The zero-order valence-corrected chi connectivity index (χ0v) is 8.88. The molecule has 0 saturated heterocycles. The smallest absolute Gasteiger partial charge is 0.307 e. The van der Waals surface area contributed by atoms with E-state index in [1.54, 1.807) is 6.92 Å². The van der Waals surface area contributed by atoms with E-state index in [2.05, 4.69) is 10.1 Å². The van der Waals surface area contributed by atoms with Gasteiger partial charge in [0.15, 0.2) is 6.33 Å². The number of carbonyl (C=O) groups is 1. The number of carboxylic acid groups (broad SMARTS) is 1. The Labute approximate surface area is 87.9 Å². The average molecular weight is 213 g/mol. The Hall–Kier alpha value is -1.43. The molecule has 6 heteroatoms. The van der Waals surface area contributed by atoms with Crippen LogP contribution in [0.3, 0.4) is 0 Å². The summed E-state index contributed by atoms with van der Waals surface area (Å²) in [4.78, 5) is 16.5. The van der Waals surface area contributed by atoms with Gasteiger partial charge in [0.05, 0.1) is 12.5 Å². The maximum atomic E-state index is 10.7. The molecule has 0 aliphatic carbocycles. The first-order valence-corrected chi connectivity index (χ1v) is 4.84. The molecule has 0 bridgehead atoms. The fraction of sp³-hybridized carbons (Fsp3) is 0.667. The van der Waals surface area contributed by atoms with Crippen LogP contribution in [0.4, 0.5) is 0 Å². The van der Waals surface area contributed by atoms with Gasteiger partial charge in [0, 0.05) is 6.54 Å². The summed E-state index contributed by atoms with van der Waals surface area (Å²) in [5, 5.41) is 12.3. The maximum Gasteiger partial charge on any atom is 0.307 e. The van der Waals surface area contributed by atoms with Crippen molar-refractivity contribution < 1.29 is 14.4 Å². The third kappa shape index (κ3) is 3.67. The molecule has 0 aliphatic heterocycles. The van der Waals surface area contributed by atoms with Crippen LogP contribution in [0.25, 0.3) is 0 Å². The molecule has 0 amide bonds. The number of hydrogen-bond donors (Lipinski definition) is 1. The second-order valence-electron chi connectivity index (χ2n) is 3.40. The largest absolute Gasteiger partial charge is 0.481 e. The summed E-state index contributed by atoms with van der Waals surface area (Å²) in [6, 6.07) is 0. The summed E-state index contributed by atoms with van der Waals surface area (Å²) in [6.07, 6.45) is 1.34. The fourth-order valence-electron chi connectivity index (χ4n) is 1.23. The Morgan fingerprint density at radius 3 is 2.93 bits per heavy atom. The topological polar surface area (TPSA) is 79.5 Å². The maximum absolute atomic E-state index is 10.7. The SMILES string of the molecule is CCN(Cc1ncno1)CC(C)C(=O)O. The molecule has 84 valence electrons. The van der Waals surface area contributed by atoms with Gasteiger partial charge in [-0.2, -0.15) is 4.98 Å². The molecule has 1 atom stereocenters. The van der Waals surface area contributed by atoms with E-state index in [0.717, 1.165) is 6.54 Å². The number of nitrogens with zero attached hydrogens (tertiary/aromatic N) is 3. The van der Waals surface area contributed by atoms with Gasteiger partial charge >= 0.3 is 5.97 Å². The summed E-state index contributed by atoms with van der Waals surface area (Å²) in [6.45, 7) is 5.37. The predicted octanol–water partition coefficient (Wildman–Crippen LogP) is 0.612. The van der Waals surface area contributed by atoms with Crippen LogP contribution in [0, 0.1) is 5.92 Å². The molecular weight excluding hydrogens is 198 g/mol. The van der Waals surface area contributed by atoms with Crippen molar-refractivity contribution in [3.05, 3.63) is 12.2 Å². The third-order valence-corrected chi connectivity index (χ3v) is 2.17. The van der Waals surface area contributed by atoms with Crippen LogP contribution in [-0.4, -0.2) is 39.2 Å².